The van der Waals surface area contributed by atoms with Crippen LogP contribution in [0.3, 0.4) is 0 Å². The highest BCUT2D eigenvalue weighted by Crippen LogP contribution is 2.29. The van der Waals surface area contributed by atoms with Gasteiger partial charge >= 0.3 is 0 Å². The largest absolute Gasteiger partial charge is 0.383 e. The fraction of sp³-hybridized carbons (Fsp3) is 0.800. The first kappa shape index (κ1) is 15.5. The van der Waals surface area contributed by atoms with E-state index in [0.717, 1.165) is 39.1 Å². The van der Waals surface area contributed by atoms with Crippen molar-refractivity contribution >= 4 is 0 Å². The van der Waals surface area contributed by atoms with Crippen molar-refractivity contribution in [3.05, 3.63) is 18.2 Å². The molecule has 5 nitrogen and oxygen atoms in total. The topological polar surface area (TPSA) is 56.3 Å². The molecule has 20 heavy (non-hydrogen) atoms. The Morgan fingerprint density at radius 2 is 2.25 bits per heavy atom. The van der Waals surface area contributed by atoms with Crippen molar-refractivity contribution in [1.29, 1.82) is 0 Å². The van der Waals surface area contributed by atoms with Gasteiger partial charge in [0.2, 0.25) is 0 Å². The molecule has 2 rings (SSSR count). The normalized spacial score (nSPS) is 24.8. The van der Waals surface area contributed by atoms with Crippen LogP contribution in [0.4, 0.5) is 0 Å². The first-order valence-electron chi connectivity index (χ1n) is 7.76. The monoisotopic (exact) mass is 280 g/mol. The van der Waals surface area contributed by atoms with E-state index in [1.165, 1.54) is 18.5 Å². The van der Waals surface area contributed by atoms with Gasteiger partial charge in [-0.1, -0.05) is 13.3 Å². The Morgan fingerprint density at radius 3 is 3.00 bits per heavy atom. The van der Waals surface area contributed by atoms with Gasteiger partial charge in [-0.05, 0) is 25.8 Å². The number of ether oxygens (including phenoxy) is 1. The first-order valence-corrected chi connectivity index (χ1v) is 7.76. The molecule has 1 aliphatic rings. The van der Waals surface area contributed by atoms with Gasteiger partial charge in [0.25, 0.3) is 0 Å². The number of hydrogen-bond acceptors (Lipinski definition) is 4. The fourth-order valence-corrected chi connectivity index (χ4v) is 3.13. The lowest BCUT2D eigenvalue weighted by Gasteiger charge is -2.33. The Hall–Kier alpha value is -0.910. The molecule has 1 aromatic rings. The summed E-state index contributed by atoms with van der Waals surface area (Å²) in [7, 11) is 1.76. The summed E-state index contributed by atoms with van der Waals surface area (Å²) in [5.74, 6) is 0. The molecule has 0 amide bonds. The third-order valence-electron chi connectivity index (χ3n) is 4.13. The maximum absolute atomic E-state index is 6.47. The van der Waals surface area contributed by atoms with Crippen LogP contribution in [0.15, 0.2) is 12.5 Å². The van der Waals surface area contributed by atoms with Crippen molar-refractivity contribution in [3.8, 4) is 0 Å². The van der Waals surface area contributed by atoms with Gasteiger partial charge in [-0.15, -0.1) is 0 Å². The molecule has 2 heterocycles. The van der Waals surface area contributed by atoms with Crippen LogP contribution >= 0.6 is 0 Å². The van der Waals surface area contributed by atoms with Crippen LogP contribution in [0.25, 0.3) is 0 Å². The zero-order valence-electron chi connectivity index (χ0n) is 12.8. The van der Waals surface area contributed by atoms with Crippen LogP contribution in [-0.4, -0.2) is 47.3 Å². The summed E-state index contributed by atoms with van der Waals surface area (Å²) in [6.07, 6.45) is 8.56. The van der Waals surface area contributed by atoms with Crippen molar-refractivity contribution in [2.75, 3.05) is 26.8 Å². The standard InChI is InChI=1S/C15H28N4O/c1-3-7-19-12-17-11-14(19)15-13(16)6-4-5-8-18(15)9-10-20-2/h11-13,15H,3-10,16H2,1-2H3. The fourth-order valence-electron chi connectivity index (χ4n) is 3.13. The van der Waals surface area contributed by atoms with Gasteiger partial charge in [0.1, 0.15) is 0 Å². The lowest BCUT2D eigenvalue weighted by Crippen LogP contribution is -2.42. The second-order valence-electron chi connectivity index (χ2n) is 5.65. The maximum Gasteiger partial charge on any atom is 0.0948 e. The minimum Gasteiger partial charge on any atom is -0.383 e. The van der Waals surface area contributed by atoms with Crippen LogP contribution in [0.1, 0.15) is 44.3 Å². The van der Waals surface area contributed by atoms with Crippen LogP contribution < -0.4 is 5.73 Å². The smallest absolute Gasteiger partial charge is 0.0948 e. The van der Waals surface area contributed by atoms with Crippen LogP contribution in [-0.2, 0) is 11.3 Å². The molecule has 0 aliphatic carbocycles. The van der Waals surface area contributed by atoms with Gasteiger partial charge in [-0.2, -0.15) is 0 Å². The molecule has 0 radical (unpaired) electrons. The van der Waals surface area contributed by atoms with Crippen LogP contribution in [0.5, 0.6) is 0 Å². The van der Waals surface area contributed by atoms with Gasteiger partial charge in [0.15, 0.2) is 0 Å². The lowest BCUT2D eigenvalue weighted by molar-refractivity contribution is 0.111. The number of nitrogens with two attached hydrogens (primary N) is 1. The van der Waals surface area contributed by atoms with Gasteiger partial charge in [0, 0.05) is 32.4 Å². The highest BCUT2D eigenvalue weighted by molar-refractivity contribution is 5.10. The number of aryl methyl sites for hydroxylation is 1. The number of aromatic nitrogens is 2. The van der Waals surface area contributed by atoms with E-state index in [-0.39, 0.29) is 12.1 Å². The Labute approximate surface area is 122 Å². The summed E-state index contributed by atoms with van der Waals surface area (Å²) in [5.41, 5.74) is 7.74. The second-order valence-corrected chi connectivity index (χ2v) is 5.65. The van der Waals surface area contributed by atoms with Crippen molar-refractivity contribution in [2.45, 2.75) is 51.2 Å². The van der Waals surface area contributed by atoms with Crippen molar-refractivity contribution in [1.82, 2.24) is 14.5 Å². The number of methoxy groups -OCH3 is 1. The molecule has 2 N–H and O–H groups in total. The molecule has 0 saturated carbocycles. The van der Waals surface area contributed by atoms with E-state index in [2.05, 4.69) is 21.4 Å². The second kappa shape index (κ2) is 7.76. The zero-order valence-corrected chi connectivity index (χ0v) is 12.8. The third kappa shape index (κ3) is 3.59. The highest BCUT2D eigenvalue weighted by atomic mass is 16.5. The molecular formula is C15H28N4O. The summed E-state index contributed by atoms with van der Waals surface area (Å²) in [5, 5.41) is 0. The Balaban J connectivity index is 2.22. The Kier molecular flexibility index (Phi) is 6.01. The van der Waals surface area contributed by atoms with E-state index in [1.807, 2.05) is 12.5 Å². The Morgan fingerprint density at radius 1 is 1.40 bits per heavy atom. The molecule has 1 saturated heterocycles. The summed E-state index contributed by atoms with van der Waals surface area (Å²) in [4.78, 5) is 6.82. The van der Waals surface area contributed by atoms with E-state index < -0.39 is 0 Å². The predicted molar refractivity (Wildman–Crippen MR) is 80.5 cm³/mol. The quantitative estimate of drug-likeness (QED) is 0.863. The molecule has 2 atom stereocenters. The van der Waals surface area contributed by atoms with Crippen molar-refractivity contribution in [2.24, 2.45) is 5.73 Å². The summed E-state index contributed by atoms with van der Waals surface area (Å²) in [6.45, 7) is 5.99. The van der Waals surface area contributed by atoms with Crippen molar-refractivity contribution < 1.29 is 4.74 Å². The van der Waals surface area contributed by atoms with Crippen LogP contribution in [0.2, 0.25) is 0 Å². The zero-order chi connectivity index (χ0) is 14.4. The van der Waals surface area contributed by atoms with E-state index in [9.17, 15) is 0 Å². The average molecular weight is 280 g/mol. The molecule has 1 aromatic heterocycles. The van der Waals surface area contributed by atoms with E-state index in [4.69, 9.17) is 10.5 Å². The third-order valence-corrected chi connectivity index (χ3v) is 4.13. The van der Waals surface area contributed by atoms with Gasteiger partial charge in [-0.3, -0.25) is 4.90 Å². The van der Waals surface area contributed by atoms with Crippen molar-refractivity contribution in [3.63, 3.8) is 0 Å². The number of likely N-dealkylation sites (tertiary alicyclic amines) is 1. The SMILES string of the molecule is CCCn1cncc1C1C(N)CCCCN1CCOC. The van der Waals surface area contributed by atoms with E-state index in [0.29, 0.717) is 0 Å². The molecule has 114 valence electrons. The predicted octanol–water partition coefficient (Wildman–Crippen LogP) is 1.79. The maximum atomic E-state index is 6.47. The van der Waals surface area contributed by atoms with Gasteiger partial charge < -0.3 is 15.0 Å². The summed E-state index contributed by atoms with van der Waals surface area (Å²) in [6, 6.07) is 0.448. The van der Waals surface area contributed by atoms with Gasteiger partial charge in [0.05, 0.1) is 24.7 Å². The first-order chi connectivity index (χ1) is 9.77. The number of imidazole rings is 1. The lowest BCUT2D eigenvalue weighted by atomic mass is 10.0. The number of hydrogen-bond donors (Lipinski definition) is 1. The van der Waals surface area contributed by atoms with Crippen LogP contribution in [0, 0.1) is 0 Å². The van der Waals surface area contributed by atoms with E-state index >= 15 is 0 Å². The summed E-state index contributed by atoms with van der Waals surface area (Å²) >= 11 is 0. The molecule has 2 unspecified atom stereocenters. The molecular weight excluding hydrogens is 252 g/mol. The molecule has 0 spiro atoms. The highest BCUT2D eigenvalue weighted by Gasteiger charge is 2.30. The van der Waals surface area contributed by atoms with Gasteiger partial charge in [-0.25, -0.2) is 4.98 Å². The minimum atomic E-state index is 0.182. The molecule has 1 aliphatic heterocycles. The molecule has 0 bridgehead atoms. The number of rotatable bonds is 6. The molecule has 1 fully saturated rings. The van der Waals surface area contributed by atoms with E-state index in [1.54, 1.807) is 7.11 Å². The Bertz CT molecular complexity index is 393. The molecule has 0 aromatic carbocycles. The number of nitrogens with zero attached hydrogens (tertiary/aromatic N) is 3. The summed E-state index contributed by atoms with van der Waals surface area (Å²) < 4.78 is 7.52. The molecule has 5 heteroatoms. The average Bonchev–Trinajstić information content (AvgIpc) is 2.80. The minimum absolute atomic E-state index is 0.182.